The van der Waals surface area contributed by atoms with Crippen LogP contribution in [0.3, 0.4) is 0 Å². The van der Waals surface area contributed by atoms with Gasteiger partial charge >= 0.3 is 0 Å². The molecule has 0 aliphatic carbocycles. The predicted molar refractivity (Wildman–Crippen MR) is 66.6 cm³/mol. The van der Waals surface area contributed by atoms with Gasteiger partial charge in [0.1, 0.15) is 0 Å². The van der Waals surface area contributed by atoms with Crippen molar-refractivity contribution in [2.24, 2.45) is 0 Å². The summed E-state index contributed by atoms with van der Waals surface area (Å²) in [6.45, 7) is 4.07. The Morgan fingerprint density at radius 1 is 1.20 bits per heavy atom. The zero-order chi connectivity index (χ0) is 10.7. The Labute approximate surface area is 95.3 Å². The molecule has 0 saturated carbocycles. The molecule has 3 heteroatoms. The Balaban J connectivity index is 2.08. The van der Waals surface area contributed by atoms with E-state index in [2.05, 4.69) is 17.0 Å². The van der Waals surface area contributed by atoms with E-state index in [9.17, 15) is 5.11 Å². The Kier molecular flexibility index (Phi) is 3.54. The van der Waals surface area contributed by atoms with Crippen LogP contribution in [0.5, 0.6) is 0 Å². The van der Waals surface area contributed by atoms with Crippen LogP contribution in [0.4, 0.5) is 5.69 Å². The van der Waals surface area contributed by atoms with Gasteiger partial charge in [0.05, 0.1) is 6.10 Å². The summed E-state index contributed by atoms with van der Waals surface area (Å²) in [6, 6.07) is 8.25. The summed E-state index contributed by atoms with van der Waals surface area (Å²) in [5.41, 5.74) is 2.27. The van der Waals surface area contributed by atoms with Crippen LogP contribution in [-0.4, -0.2) is 29.7 Å². The molecule has 1 unspecified atom stereocenters. The van der Waals surface area contributed by atoms with Crippen molar-refractivity contribution in [3.8, 4) is 0 Å². The number of hydrogen-bond acceptors (Lipinski definition) is 3. The van der Waals surface area contributed by atoms with Crippen LogP contribution in [0.25, 0.3) is 0 Å². The van der Waals surface area contributed by atoms with Gasteiger partial charge in [-0.25, -0.2) is 0 Å². The third kappa shape index (κ3) is 2.67. The molecule has 1 N–H and O–H groups in total. The highest BCUT2D eigenvalue weighted by Gasteiger charge is 2.11. The van der Waals surface area contributed by atoms with Crippen molar-refractivity contribution in [1.82, 2.24) is 0 Å². The van der Waals surface area contributed by atoms with E-state index in [1.165, 1.54) is 17.2 Å². The quantitative estimate of drug-likeness (QED) is 0.832. The van der Waals surface area contributed by atoms with E-state index in [4.69, 9.17) is 0 Å². The molecule has 0 radical (unpaired) electrons. The van der Waals surface area contributed by atoms with Crippen molar-refractivity contribution in [2.45, 2.75) is 13.0 Å². The fourth-order valence-corrected chi connectivity index (χ4v) is 2.69. The summed E-state index contributed by atoms with van der Waals surface area (Å²) >= 11 is 2.02. The second-order valence-electron chi connectivity index (χ2n) is 3.87. The molecular weight excluding hydrogens is 206 g/mol. The van der Waals surface area contributed by atoms with Gasteiger partial charge in [-0.2, -0.15) is 11.8 Å². The SMILES string of the molecule is CC(O)c1ccc(N2CCSCC2)cc1. The lowest BCUT2D eigenvalue weighted by Gasteiger charge is -2.28. The maximum Gasteiger partial charge on any atom is 0.0761 e. The molecule has 15 heavy (non-hydrogen) atoms. The van der Waals surface area contributed by atoms with Crippen molar-refractivity contribution in [1.29, 1.82) is 0 Å². The molecule has 2 nitrogen and oxygen atoms in total. The number of aliphatic hydroxyl groups is 1. The molecule has 1 heterocycles. The molecule has 0 bridgehead atoms. The second-order valence-corrected chi connectivity index (χ2v) is 5.09. The van der Waals surface area contributed by atoms with Crippen LogP contribution in [-0.2, 0) is 0 Å². The first kappa shape index (κ1) is 10.8. The van der Waals surface area contributed by atoms with Gasteiger partial charge in [-0.3, -0.25) is 0 Å². The molecule has 0 amide bonds. The number of thioether (sulfide) groups is 1. The van der Waals surface area contributed by atoms with E-state index in [0.29, 0.717) is 0 Å². The van der Waals surface area contributed by atoms with Gasteiger partial charge in [0, 0.05) is 30.3 Å². The average Bonchev–Trinajstić information content (AvgIpc) is 2.30. The lowest BCUT2D eigenvalue weighted by molar-refractivity contribution is 0.199. The van der Waals surface area contributed by atoms with E-state index in [1.54, 1.807) is 6.92 Å². The predicted octanol–water partition coefficient (Wildman–Crippen LogP) is 2.29. The number of anilines is 1. The van der Waals surface area contributed by atoms with Crippen LogP contribution in [0.15, 0.2) is 24.3 Å². The summed E-state index contributed by atoms with van der Waals surface area (Å²) in [7, 11) is 0. The first-order valence-corrected chi connectivity index (χ1v) is 6.53. The van der Waals surface area contributed by atoms with Gasteiger partial charge in [0.25, 0.3) is 0 Å². The zero-order valence-corrected chi connectivity index (χ0v) is 9.83. The standard InChI is InChI=1S/C12H17NOS/c1-10(14)11-2-4-12(5-3-11)13-6-8-15-9-7-13/h2-5,10,14H,6-9H2,1H3. The molecule has 82 valence electrons. The molecule has 1 aromatic carbocycles. The Morgan fingerprint density at radius 3 is 2.33 bits per heavy atom. The summed E-state index contributed by atoms with van der Waals surface area (Å²) in [6.07, 6.45) is -0.365. The van der Waals surface area contributed by atoms with Crippen LogP contribution >= 0.6 is 11.8 Å². The lowest BCUT2D eigenvalue weighted by atomic mass is 10.1. The van der Waals surface area contributed by atoms with Gasteiger partial charge in [-0.1, -0.05) is 12.1 Å². The normalized spacial score (nSPS) is 18.9. The highest BCUT2D eigenvalue weighted by atomic mass is 32.2. The van der Waals surface area contributed by atoms with Crippen LogP contribution in [0.1, 0.15) is 18.6 Å². The highest BCUT2D eigenvalue weighted by molar-refractivity contribution is 7.99. The number of benzene rings is 1. The molecule has 2 rings (SSSR count). The number of aliphatic hydroxyl groups excluding tert-OH is 1. The third-order valence-electron chi connectivity index (χ3n) is 2.75. The van der Waals surface area contributed by atoms with E-state index in [0.717, 1.165) is 18.7 Å². The monoisotopic (exact) mass is 223 g/mol. The van der Waals surface area contributed by atoms with E-state index in [1.807, 2.05) is 23.9 Å². The van der Waals surface area contributed by atoms with Crippen molar-refractivity contribution in [3.63, 3.8) is 0 Å². The Hall–Kier alpha value is -0.670. The summed E-state index contributed by atoms with van der Waals surface area (Å²) in [5, 5.41) is 9.41. The van der Waals surface area contributed by atoms with Crippen LogP contribution < -0.4 is 4.90 Å². The van der Waals surface area contributed by atoms with Crippen molar-refractivity contribution < 1.29 is 5.11 Å². The van der Waals surface area contributed by atoms with E-state index >= 15 is 0 Å². The molecule has 0 aromatic heterocycles. The van der Waals surface area contributed by atoms with Crippen molar-refractivity contribution in [2.75, 3.05) is 29.5 Å². The Bertz CT molecular complexity index is 304. The Morgan fingerprint density at radius 2 is 1.80 bits per heavy atom. The maximum atomic E-state index is 9.41. The van der Waals surface area contributed by atoms with Crippen LogP contribution in [0, 0.1) is 0 Å². The first-order valence-electron chi connectivity index (χ1n) is 5.38. The third-order valence-corrected chi connectivity index (χ3v) is 3.69. The molecule has 1 atom stereocenters. The smallest absolute Gasteiger partial charge is 0.0761 e. The fraction of sp³-hybridized carbons (Fsp3) is 0.500. The largest absolute Gasteiger partial charge is 0.389 e. The van der Waals surface area contributed by atoms with Crippen molar-refractivity contribution >= 4 is 17.4 Å². The number of nitrogens with zero attached hydrogens (tertiary/aromatic N) is 1. The average molecular weight is 223 g/mol. The summed E-state index contributed by atoms with van der Waals surface area (Å²) < 4.78 is 0. The maximum absolute atomic E-state index is 9.41. The second kappa shape index (κ2) is 4.90. The summed E-state index contributed by atoms with van der Waals surface area (Å²) in [5.74, 6) is 2.44. The molecule has 1 aromatic rings. The minimum Gasteiger partial charge on any atom is -0.389 e. The number of hydrogen-bond donors (Lipinski definition) is 1. The minimum atomic E-state index is -0.365. The van der Waals surface area contributed by atoms with Crippen molar-refractivity contribution in [3.05, 3.63) is 29.8 Å². The molecule has 1 saturated heterocycles. The van der Waals surface area contributed by atoms with Gasteiger partial charge in [-0.05, 0) is 24.6 Å². The van der Waals surface area contributed by atoms with Crippen LogP contribution in [0.2, 0.25) is 0 Å². The molecular formula is C12H17NOS. The van der Waals surface area contributed by atoms with Gasteiger partial charge in [-0.15, -0.1) is 0 Å². The van der Waals surface area contributed by atoms with E-state index < -0.39 is 0 Å². The van der Waals surface area contributed by atoms with Gasteiger partial charge in [0.2, 0.25) is 0 Å². The zero-order valence-electron chi connectivity index (χ0n) is 9.02. The molecule has 1 fully saturated rings. The molecule has 0 spiro atoms. The topological polar surface area (TPSA) is 23.5 Å². The first-order chi connectivity index (χ1) is 7.27. The fourth-order valence-electron chi connectivity index (χ4n) is 1.79. The minimum absolute atomic E-state index is 0.365. The molecule has 1 aliphatic heterocycles. The summed E-state index contributed by atoms with van der Waals surface area (Å²) in [4.78, 5) is 2.41. The highest BCUT2D eigenvalue weighted by Crippen LogP contribution is 2.21. The van der Waals surface area contributed by atoms with Gasteiger partial charge in [0.15, 0.2) is 0 Å². The van der Waals surface area contributed by atoms with E-state index in [-0.39, 0.29) is 6.10 Å². The lowest BCUT2D eigenvalue weighted by Crippen LogP contribution is -2.32. The molecule has 1 aliphatic rings. The van der Waals surface area contributed by atoms with Gasteiger partial charge < -0.3 is 10.0 Å². The number of rotatable bonds is 2.